The molecule has 5 nitrogen and oxygen atoms in total. The highest BCUT2D eigenvalue weighted by Crippen LogP contribution is 2.47. The Labute approximate surface area is 135 Å². The molecule has 2 N–H and O–H groups in total. The fourth-order valence-electron chi connectivity index (χ4n) is 2.53. The third kappa shape index (κ3) is 4.37. The average Bonchev–Trinajstić information content (AvgIpc) is 3.19. The SMILES string of the molecule is CC1CC1C(NC(=O)N(C)CCC(=O)O)c1ccc(Cl)cc1. The molecule has 3 atom stereocenters. The summed E-state index contributed by atoms with van der Waals surface area (Å²) in [6, 6.07) is 7.17. The van der Waals surface area contributed by atoms with Crippen molar-refractivity contribution in [2.45, 2.75) is 25.8 Å². The summed E-state index contributed by atoms with van der Waals surface area (Å²) in [4.78, 5) is 24.2. The molecule has 0 saturated heterocycles. The monoisotopic (exact) mass is 324 g/mol. The third-order valence-corrected chi connectivity index (χ3v) is 4.37. The zero-order valence-electron chi connectivity index (χ0n) is 12.8. The highest BCUT2D eigenvalue weighted by atomic mass is 35.5. The smallest absolute Gasteiger partial charge is 0.317 e. The summed E-state index contributed by atoms with van der Waals surface area (Å²) in [5.74, 6) is 0.0769. The van der Waals surface area contributed by atoms with Gasteiger partial charge >= 0.3 is 12.0 Å². The molecular formula is C16H21ClN2O3. The number of halogens is 1. The van der Waals surface area contributed by atoms with Crippen LogP contribution in [0.4, 0.5) is 4.79 Å². The van der Waals surface area contributed by atoms with Gasteiger partial charge in [0, 0.05) is 18.6 Å². The second kappa shape index (κ2) is 7.01. The maximum absolute atomic E-state index is 12.2. The van der Waals surface area contributed by atoms with Crippen LogP contribution in [0.1, 0.15) is 31.4 Å². The molecule has 0 heterocycles. The first-order chi connectivity index (χ1) is 10.4. The molecular weight excluding hydrogens is 304 g/mol. The Bertz CT molecular complexity index is 547. The number of hydrogen-bond acceptors (Lipinski definition) is 2. The molecule has 0 radical (unpaired) electrons. The Morgan fingerprint density at radius 2 is 2.00 bits per heavy atom. The van der Waals surface area contributed by atoms with Gasteiger partial charge in [-0.25, -0.2) is 4.79 Å². The van der Waals surface area contributed by atoms with E-state index < -0.39 is 5.97 Å². The van der Waals surface area contributed by atoms with Crippen molar-refractivity contribution >= 4 is 23.6 Å². The summed E-state index contributed by atoms with van der Waals surface area (Å²) in [5, 5.41) is 12.4. The van der Waals surface area contributed by atoms with Crippen LogP contribution >= 0.6 is 11.6 Å². The van der Waals surface area contributed by atoms with Crippen LogP contribution in [0.15, 0.2) is 24.3 Å². The molecule has 0 spiro atoms. The number of hydrogen-bond donors (Lipinski definition) is 2. The standard InChI is InChI=1S/C16H21ClN2O3/c1-10-9-13(10)15(11-3-5-12(17)6-4-11)18-16(22)19(2)8-7-14(20)21/h3-6,10,13,15H,7-9H2,1-2H3,(H,18,22)(H,20,21). The minimum atomic E-state index is -0.912. The van der Waals surface area contributed by atoms with Gasteiger partial charge in [0.15, 0.2) is 0 Å². The van der Waals surface area contributed by atoms with E-state index in [2.05, 4.69) is 12.2 Å². The maximum Gasteiger partial charge on any atom is 0.317 e. The topological polar surface area (TPSA) is 69.6 Å². The van der Waals surface area contributed by atoms with Crippen molar-refractivity contribution in [1.82, 2.24) is 10.2 Å². The molecule has 2 rings (SSSR count). The molecule has 2 amide bonds. The molecule has 120 valence electrons. The fourth-order valence-corrected chi connectivity index (χ4v) is 2.66. The lowest BCUT2D eigenvalue weighted by Gasteiger charge is -2.24. The Kier molecular flexibility index (Phi) is 5.29. The zero-order chi connectivity index (χ0) is 16.3. The molecule has 0 bridgehead atoms. The van der Waals surface area contributed by atoms with Gasteiger partial charge in [0.1, 0.15) is 0 Å². The summed E-state index contributed by atoms with van der Waals surface area (Å²) < 4.78 is 0. The van der Waals surface area contributed by atoms with E-state index in [-0.39, 0.29) is 25.0 Å². The lowest BCUT2D eigenvalue weighted by atomic mass is 10.0. The van der Waals surface area contributed by atoms with Crippen LogP contribution < -0.4 is 5.32 Å². The first-order valence-corrected chi connectivity index (χ1v) is 7.75. The number of urea groups is 1. The minimum Gasteiger partial charge on any atom is -0.481 e. The summed E-state index contributed by atoms with van der Waals surface area (Å²) in [7, 11) is 1.60. The van der Waals surface area contributed by atoms with E-state index in [9.17, 15) is 9.59 Å². The van der Waals surface area contributed by atoms with E-state index in [1.165, 1.54) is 4.90 Å². The van der Waals surface area contributed by atoms with Gasteiger partial charge in [-0.1, -0.05) is 30.7 Å². The van der Waals surface area contributed by atoms with Gasteiger partial charge in [-0.05, 0) is 36.0 Å². The van der Waals surface area contributed by atoms with Crippen LogP contribution in [-0.4, -0.2) is 35.6 Å². The lowest BCUT2D eigenvalue weighted by Crippen LogP contribution is -2.41. The van der Waals surface area contributed by atoms with E-state index in [1.807, 2.05) is 24.3 Å². The average molecular weight is 325 g/mol. The lowest BCUT2D eigenvalue weighted by molar-refractivity contribution is -0.137. The molecule has 22 heavy (non-hydrogen) atoms. The second-order valence-electron chi connectivity index (χ2n) is 5.92. The highest BCUT2D eigenvalue weighted by Gasteiger charge is 2.41. The van der Waals surface area contributed by atoms with Crippen LogP contribution in [0.2, 0.25) is 5.02 Å². The quantitative estimate of drug-likeness (QED) is 0.844. The molecule has 1 aromatic rings. The number of nitrogens with one attached hydrogen (secondary N) is 1. The van der Waals surface area contributed by atoms with Crippen LogP contribution in [0.5, 0.6) is 0 Å². The third-order valence-electron chi connectivity index (χ3n) is 4.12. The van der Waals surface area contributed by atoms with Crippen molar-refractivity contribution in [1.29, 1.82) is 0 Å². The van der Waals surface area contributed by atoms with E-state index in [1.54, 1.807) is 7.05 Å². The molecule has 1 aliphatic rings. The number of carbonyl (C=O) groups is 2. The summed E-state index contributed by atoms with van der Waals surface area (Å²) in [6.45, 7) is 2.35. The minimum absolute atomic E-state index is 0.0602. The molecule has 3 unspecified atom stereocenters. The molecule has 0 aliphatic heterocycles. The molecule has 1 aromatic carbocycles. The largest absolute Gasteiger partial charge is 0.481 e. The van der Waals surface area contributed by atoms with Crippen molar-refractivity contribution in [3.63, 3.8) is 0 Å². The summed E-state index contributed by atoms with van der Waals surface area (Å²) >= 11 is 5.92. The van der Waals surface area contributed by atoms with Crippen molar-refractivity contribution in [2.75, 3.05) is 13.6 Å². The zero-order valence-corrected chi connectivity index (χ0v) is 13.5. The van der Waals surface area contributed by atoms with Crippen LogP contribution in [0, 0.1) is 11.8 Å². The summed E-state index contributed by atoms with van der Waals surface area (Å²) in [5.41, 5.74) is 1.03. The molecule has 6 heteroatoms. The number of carboxylic acids is 1. The number of rotatable bonds is 6. The number of carboxylic acid groups (broad SMARTS) is 1. The second-order valence-corrected chi connectivity index (χ2v) is 6.36. The Hall–Kier alpha value is -1.75. The van der Waals surface area contributed by atoms with E-state index in [0.717, 1.165) is 12.0 Å². The first kappa shape index (κ1) is 16.6. The van der Waals surface area contributed by atoms with Gasteiger partial charge in [0.25, 0.3) is 0 Å². The molecule has 1 aliphatic carbocycles. The number of benzene rings is 1. The predicted molar refractivity (Wildman–Crippen MR) is 84.9 cm³/mol. The number of aliphatic carboxylic acids is 1. The van der Waals surface area contributed by atoms with Crippen LogP contribution in [0.3, 0.4) is 0 Å². The fraction of sp³-hybridized carbons (Fsp3) is 0.500. The van der Waals surface area contributed by atoms with Crippen molar-refractivity contribution in [2.24, 2.45) is 11.8 Å². The maximum atomic E-state index is 12.2. The predicted octanol–water partition coefficient (Wildman–Crippen LogP) is 3.15. The highest BCUT2D eigenvalue weighted by molar-refractivity contribution is 6.30. The molecule has 1 fully saturated rings. The molecule has 0 aromatic heterocycles. The molecule has 1 saturated carbocycles. The van der Waals surface area contributed by atoms with E-state index in [4.69, 9.17) is 16.7 Å². The van der Waals surface area contributed by atoms with E-state index >= 15 is 0 Å². The van der Waals surface area contributed by atoms with Gasteiger partial charge in [0.2, 0.25) is 0 Å². The van der Waals surface area contributed by atoms with Crippen molar-refractivity contribution in [3.05, 3.63) is 34.9 Å². The van der Waals surface area contributed by atoms with Gasteiger partial charge in [-0.3, -0.25) is 4.79 Å². The number of nitrogens with zero attached hydrogens (tertiary/aromatic N) is 1. The van der Waals surface area contributed by atoms with Crippen molar-refractivity contribution in [3.8, 4) is 0 Å². The Morgan fingerprint density at radius 3 is 2.50 bits per heavy atom. The van der Waals surface area contributed by atoms with Crippen LogP contribution in [0.25, 0.3) is 0 Å². The number of carbonyl (C=O) groups excluding carboxylic acids is 1. The first-order valence-electron chi connectivity index (χ1n) is 7.37. The van der Waals surface area contributed by atoms with Crippen molar-refractivity contribution < 1.29 is 14.7 Å². The summed E-state index contributed by atoms with van der Waals surface area (Å²) in [6.07, 6.45) is 1.02. The van der Waals surface area contributed by atoms with Gasteiger partial charge in [0.05, 0.1) is 12.5 Å². The number of amides is 2. The van der Waals surface area contributed by atoms with Crippen LogP contribution in [-0.2, 0) is 4.79 Å². The van der Waals surface area contributed by atoms with Gasteiger partial charge < -0.3 is 15.3 Å². The van der Waals surface area contributed by atoms with E-state index in [0.29, 0.717) is 16.9 Å². The van der Waals surface area contributed by atoms with Gasteiger partial charge in [-0.2, -0.15) is 0 Å². The Balaban J connectivity index is 2.02. The Morgan fingerprint density at radius 1 is 1.41 bits per heavy atom. The van der Waals surface area contributed by atoms with Gasteiger partial charge in [-0.15, -0.1) is 0 Å². The normalized spacial score (nSPS) is 21.0.